The summed E-state index contributed by atoms with van der Waals surface area (Å²) < 4.78 is 3.82. The number of rotatable bonds is 3. The highest BCUT2D eigenvalue weighted by atomic mass is 79.9. The molecule has 0 spiro atoms. The summed E-state index contributed by atoms with van der Waals surface area (Å²) in [5, 5.41) is 1.13. The molecule has 3 rings (SSSR count). The van der Waals surface area contributed by atoms with E-state index in [9.17, 15) is 4.79 Å². The lowest BCUT2D eigenvalue weighted by Gasteiger charge is -2.07. The van der Waals surface area contributed by atoms with E-state index in [1.165, 1.54) is 0 Å². The summed E-state index contributed by atoms with van der Waals surface area (Å²) in [5.41, 5.74) is 1.77. The van der Waals surface area contributed by atoms with Gasteiger partial charge in [-0.25, -0.2) is 0 Å². The molecule has 20 heavy (non-hydrogen) atoms. The predicted molar refractivity (Wildman–Crippen MR) is 88.1 cm³/mol. The number of hydrogen-bond acceptors (Lipinski definition) is 1. The normalized spacial score (nSPS) is 10.9. The quantitative estimate of drug-likeness (QED) is 0.571. The van der Waals surface area contributed by atoms with E-state index in [1.807, 2.05) is 59.3 Å². The first-order valence-electron chi connectivity index (χ1n) is 6.17. The third kappa shape index (κ3) is 2.58. The van der Waals surface area contributed by atoms with Gasteiger partial charge in [0.1, 0.15) is 0 Å². The van der Waals surface area contributed by atoms with Crippen molar-refractivity contribution >= 4 is 48.5 Å². The number of Topliss-reactive ketones (excluding diaryl/α,β-unsaturated/α-hetero) is 1. The summed E-state index contributed by atoms with van der Waals surface area (Å²) in [5.74, 6) is 0.0925. The van der Waals surface area contributed by atoms with Crippen LogP contribution in [0.3, 0.4) is 0 Å². The zero-order valence-electron chi connectivity index (χ0n) is 10.5. The third-order valence-electron chi connectivity index (χ3n) is 3.22. The Morgan fingerprint density at radius 1 is 1.05 bits per heavy atom. The molecule has 3 aromatic rings. The van der Waals surface area contributed by atoms with Crippen molar-refractivity contribution in [2.24, 2.45) is 0 Å². The van der Waals surface area contributed by atoms with Gasteiger partial charge in [-0.05, 0) is 29.7 Å². The largest absolute Gasteiger partial charge is 0.340 e. The molecule has 4 heteroatoms. The topological polar surface area (TPSA) is 22.0 Å². The van der Waals surface area contributed by atoms with Gasteiger partial charge in [-0.1, -0.05) is 56.1 Å². The van der Waals surface area contributed by atoms with Gasteiger partial charge in [-0.3, -0.25) is 4.79 Å². The van der Waals surface area contributed by atoms with E-state index in [-0.39, 0.29) is 5.78 Å². The zero-order valence-corrected chi connectivity index (χ0v) is 13.7. The number of ketones is 1. The van der Waals surface area contributed by atoms with Gasteiger partial charge in [0.25, 0.3) is 0 Å². The molecule has 0 amide bonds. The van der Waals surface area contributed by atoms with Gasteiger partial charge in [-0.2, -0.15) is 0 Å². The molecule has 0 unspecified atom stereocenters. The van der Waals surface area contributed by atoms with Gasteiger partial charge in [0.15, 0.2) is 5.78 Å². The second-order valence-electron chi connectivity index (χ2n) is 4.55. The molecular weight excluding hydrogens is 382 g/mol. The molecule has 0 fully saturated rings. The molecule has 0 bridgehead atoms. The van der Waals surface area contributed by atoms with Gasteiger partial charge in [0.05, 0.1) is 6.54 Å². The lowest BCUT2D eigenvalue weighted by molar-refractivity contribution is 0.0973. The Hall–Kier alpha value is -1.39. The fourth-order valence-electron chi connectivity index (χ4n) is 2.22. The van der Waals surface area contributed by atoms with Gasteiger partial charge in [0.2, 0.25) is 0 Å². The van der Waals surface area contributed by atoms with E-state index in [1.54, 1.807) is 0 Å². The minimum atomic E-state index is 0.0925. The minimum absolute atomic E-state index is 0.0925. The van der Waals surface area contributed by atoms with E-state index in [0.29, 0.717) is 12.1 Å². The Labute approximate surface area is 133 Å². The molecule has 0 saturated heterocycles. The summed E-state index contributed by atoms with van der Waals surface area (Å²) in [4.78, 5) is 12.4. The number of hydrogen-bond donors (Lipinski definition) is 0. The standard InChI is InChI=1S/C16H11Br2NO/c17-12-6-5-11-7-8-19(15(11)9-12)10-16(20)13-3-1-2-4-14(13)18/h1-9H,10H2. The second-order valence-corrected chi connectivity index (χ2v) is 6.32. The van der Waals surface area contributed by atoms with Crippen molar-refractivity contribution in [3.05, 3.63) is 69.2 Å². The molecule has 100 valence electrons. The number of benzene rings is 2. The monoisotopic (exact) mass is 391 g/mol. The Kier molecular flexibility index (Phi) is 3.76. The molecule has 0 N–H and O–H groups in total. The maximum Gasteiger partial charge on any atom is 0.183 e. The SMILES string of the molecule is O=C(Cn1ccc2ccc(Br)cc21)c1ccccc1Br. The summed E-state index contributed by atoms with van der Waals surface area (Å²) in [6, 6.07) is 15.6. The highest BCUT2D eigenvalue weighted by molar-refractivity contribution is 9.10. The van der Waals surface area contributed by atoms with Crippen LogP contribution in [0.4, 0.5) is 0 Å². The fourth-order valence-corrected chi connectivity index (χ4v) is 3.08. The lowest BCUT2D eigenvalue weighted by Crippen LogP contribution is -2.10. The Morgan fingerprint density at radius 3 is 2.65 bits per heavy atom. The van der Waals surface area contributed by atoms with E-state index >= 15 is 0 Å². The fraction of sp³-hybridized carbons (Fsp3) is 0.0625. The average Bonchev–Trinajstić information content (AvgIpc) is 2.82. The Morgan fingerprint density at radius 2 is 1.85 bits per heavy atom. The van der Waals surface area contributed by atoms with Crippen LogP contribution in [-0.4, -0.2) is 10.4 Å². The van der Waals surface area contributed by atoms with Crippen molar-refractivity contribution in [3.8, 4) is 0 Å². The van der Waals surface area contributed by atoms with Crippen LogP contribution in [0, 0.1) is 0 Å². The van der Waals surface area contributed by atoms with E-state index < -0.39 is 0 Å². The van der Waals surface area contributed by atoms with Crippen molar-refractivity contribution in [1.29, 1.82) is 0 Å². The van der Waals surface area contributed by atoms with Crippen molar-refractivity contribution in [3.63, 3.8) is 0 Å². The first kappa shape index (κ1) is 13.6. The van der Waals surface area contributed by atoms with Crippen LogP contribution in [0.25, 0.3) is 10.9 Å². The number of fused-ring (bicyclic) bond motifs is 1. The predicted octanol–water partition coefficient (Wildman–Crippen LogP) is 5.05. The van der Waals surface area contributed by atoms with E-state index in [4.69, 9.17) is 0 Å². The molecule has 2 nitrogen and oxygen atoms in total. The molecular formula is C16H11Br2NO. The van der Waals surface area contributed by atoms with Crippen molar-refractivity contribution < 1.29 is 4.79 Å². The molecule has 2 aromatic carbocycles. The zero-order chi connectivity index (χ0) is 14.1. The highest BCUT2D eigenvalue weighted by Crippen LogP contribution is 2.22. The third-order valence-corrected chi connectivity index (χ3v) is 4.41. The van der Waals surface area contributed by atoms with Crippen LogP contribution >= 0.6 is 31.9 Å². The van der Waals surface area contributed by atoms with E-state index in [0.717, 1.165) is 19.8 Å². The number of halogens is 2. The first-order valence-corrected chi connectivity index (χ1v) is 7.76. The lowest BCUT2D eigenvalue weighted by atomic mass is 10.1. The molecule has 0 aliphatic heterocycles. The molecule has 0 aliphatic rings. The Bertz CT molecular complexity index is 792. The number of carbonyl (C=O) groups excluding carboxylic acids is 1. The average molecular weight is 393 g/mol. The first-order chi connectivity index (χ1) is 9.65. The van der Waals surface area contributed by atoms with Gasteiger partial charge in [0, 0.05) is 26.2 Å². The number of carbonyl (C=O) groups is 1. The van der Waals surface area contributed by atoms with Crippen LogP contribution in [-0.2, 0) is 6.54 Å². The van der Waals surface area contributed by atoms with Crippen LogP contribution in [0.5, 0.6) is 0 Å². The molecule has 0 aliphatic carbocycles. The minimum Gasteiger partial charge on any atom is -0.340 e. The van der Waals surface area contributed by atoms with Gasteiger partial charge < -0.3 is 4.57 Å². The van der Waals surface area contributed by atoms with Gasteiger partial charge in [-0.15, -0.1) is 0 Å². The van der Waals surface area contributed by atoms with Crippen molar-refractivity contribution in [2.45, 2.75) is 6.54 Å². The van der Waals surface area contributed by atoms with Crippen LogP contribution in [0.2, 0.25) is 0 Å². The highest BCUT2D eigenvalue weighted by Gasteiger charge is 2.11. The smallest absolute Gasteiger partial charge is 0.183 e. The Balaban J connectivity index is 1.96. The second kappa shape index (κ2) is 5.54. The number of aromatic nitrogens is 1. The molecule has 0 radical (unpaired) electrons. The molecule has 1 aromatic heterocycles. The molecule has 0 saturated carbocycles. The van der Waals surface area contributed by atoms with Crippen LogP contribution < -0.4 is 0 Å². The number of nitrogens with zero attached hydrogens (tertiary/aromatic N) is 1. The van der Waals surface area contributed by atoms with Gasteiger partial charge >= 0.3 is 0 Å². The van der Waals surface area contributed by atoms with Crippen molar-refractivity contribution in [2.75, 3.05) is 0 Å². The maximum atomic E-state index is 12.4. The maximum absolute atomic E-state index is 12.4. The van der Waals surface area contributed by atoms with Crippen LogP contribution in [0.15, 0.2) is 63.7 Å². The molecule has 1 heterocycles. The van der Waals surface area contributed by atoms with Crippen LogP contribution in [0.1, 0.15) is 10.4 Å². The van der Waals surface area contributed by atoms with E-state index in [2.05, 4.69) is 31.9 Å². The summed E-state index contributed by atoms with van der Waals surface area (Å²) in [7, 11) is 0. The summed E-state index contributed by atoms with van der Waals surface area (Å²) in [6.45, 7) is 0.336. The summed E-state index contributed by atoms with van der Waals surface area (Å²) >= 11 is 6.89. The molecule has 0 atom stereocenters. The summed E-state index contributed by atoms with van der Waals surface area (Å²) in [6.07, 6.45) is 1.95. The van der Waals surface area contributed by atoms with Crippen molar-refractivity contribution in [1.82, 2.24) is 4.57 Å².